The Kier molecular flexibility index (Phi) is 5.56. The summed E-state index contributed by atoms with van der Waals surface area (Å²) in [6.45, 7) is 4.67. The van der Waals surface area contributed by atoms with E-state index >= 15 is 0 Å². The lowest BCUT2D eigenvalue weighted by molar-refractivity contribution is 0.0956. The van der Waals surface area contributed by atoms with Crippen LogP contribution in [0.4, 0.5) is 0 Å². The molecule has 0 aliphatic rings. The summed E-state index contributed by atoms with van der Waals surface area (Å²) in [6.07, 6.45) is 1.85. The molecule has 1 heterocycles. The molecule has 4 nitrogen and oxygen atoms in total. The smallest absolute Gasteiger partial charge is 0.251 e. The lowest BCUT2D eigenvalue weighted by atomic mass is 10.1. The number of amides is 1. The molecule has 0 atom stereocenters. The molecule has 5 heteroatoms. The number of nitrogens with one attached hydrogen (secondary N) is 2. The molecule has 3 aromatic rings. The summed E-state index contributed by atoms with van der Waals surface area (Å²) in [4.78, 5) is 19.7. The highest BCUT2D eigenvalue weighted by Crippen LogP contribution is 2.21. The van der Waals surface area contributed by atoms with Crippen molar-refractivity contribution in [1.82, 2.24) is 15.3 Å². The number of hydrogen-bond donors (Lipinski definition) is 2. The number of benzene rings is 2. The maximum absolute atomic E-state index is 12.0. The number of rotatable bonds is 6. The van der Waals surface area contributed by atoms with Crippen LogP contribution >= 0.6 is 11.8 Å². The Balaban J connectivity index is 1.47. The van der Waals surface area contributed by atoms with E-state index in [9.17, 15) is 4.79 Å². The summed E-state index contributed by atoms with van der Waals surface area (Å²) in [5.41, 5.74) is 5.20. The minimum atomic E-state index is -0.0413. The Hall–Kier alpha value is -2.53. The van der Waals surface area contributed by atoms with Gasteiger partial charge >= 0.3 is 0 Å². The van der Waals surface area contributed by atoms with Crippen LogP contribution in [-0.4, -0.2) is 28.2 Å². The Labute approximate surface area is 152 Å². The maximum Gasteiger partial charge on any atom is 0.251 e. The zero-order chi connectivity index (χ0) is 17.6. The zero-order valence-electron chi connectivity index (χ0n) is 14.4. The number of carbonyl (C=O) groups excluding carboxylic acids is 1. The van der Waals surface area contributed by atoms with Crippen LogP contribution in [0.5, 0.6) is 0 Å². The van der Waals surface area contributed by atoms with Crippen LogP contribution in [0, 0.1) is 13.8 Å². The van der Waals surface area contributed by atoms with Crippen LogP contribution < -0.4 is 5.32 Å². The van der Waals surface area contributed by atoms with E-state index in [0.29, 0.717) is 12.1 Å². The van der Waals surface area contributed by atoms with Crippen molar-refractivity contribution < 1.29 is 4.79 Å². The van der Waals surface area contributed by atoms with Crippen molar-refractivity contribution in [3.63, 3.8) is 0 Å². The van der Waals surface area contributed by atoms with Crippen molar-refractivity contribution in [3.8, 4) is 11.3 Å². The van der Waals surface area contributed by atoms with Crippen molar-refractivity contribution in [1.29, 1.82) is 0 Å². The number of nitrogens with zero attached hydrogens (tertiary/aromatic N) is 1. The van der Waals surface area contributed by atoms with Gasteiger partial charge in [-0.3, -0.25) is 4.79 Å². The molecule has 1 aromatic heterocycles. The van der Waals surface area contributed by atoms with Gasteiger partial charge in [0.2, 0.25) is 0 Å². The molecule has 25 heavy (non-hydrogen) atoms. The molecule has 0 unspecified atom stereocenters. The Morgan fingerprint density at radius 1 is 1.04 bits per heavy atom. The topological polar surface area (TPSA) is 57.8 Å². The molecule has 128 valence electrons. The molecule has 2 N–H and O–H groups in total. The fourth-order valence-corrected chi connectivity index (χ4v) is 3.08. The molecule has 2 aromatic carbocycles. The van der Waals surface area contributed by atoms with Crippen LogP contribution in [0.1, 0.15) is 21.5 Å². The number of aromatic amines is 1. The second kappa shape index (κ2) is 8.03. The highest BCUT2D eigenvalue weighted by Gasteiger charge is 2.06. The predicted molar refractivity (Wildman–Crippen MR) is 103 cm³/mol. The first-order chi connectivity index (χ1) is 12.1. The van der Waals surface area contributed by atoms with Crippen molar-refractivity contribution >= 4 is 17.7 Å². The third-order valence-electron chi connectivity index (χ3n) is 3.86. The van der Waals surface area contributed by atoms with E-state index in [0.717, 1.165) is 27.7 Å². The Morgan fingerprint density at radius 3 is 2.36 bits per heavy atom. The van der Waals surface area contributed by atoms with Gasteiger partial charge in [-0.05, 0) is 31.5 Å². The number of carbonyl (C=O) groups is 1. The van der Waals surface area contributed by atoms with Gasteiger partial charge in [0.15, 0.2) is 5.16 Å². The number of thioether (sulfide) groups is 1. The SMILES string of the molecule is Cc1ccc(C(=O)NCCSc2ncc(-c3ccc(C)cc3)[nH]2)cc1. The van der Waals surface area contributed by atoms with Crippen molar-refractivity contribution in [2.45, 2.75) is 19.0 Å². The van der Waals surface area contributed by atoms with Gasteiger partial charge in [0.1, 0.15) is 0 Å². The number of H-pyrrole nitrogens is 1. The summed E-state index contributed by atoms with van der Waals surface area (Å²) in [6, 6.07) is 15.9. The standard InChI is InChI=1S/C20H21N3OS/c1-14-3-7-16(8-4-14)18-13-22-20(23-18)25-12-11-21-19(24)17-9-5-15(2)6-10-17/h3-10,13H,11-12H2,1-2H3,(H,21,24)(H,22,23). The van der Waals surface area contributed by atoms with E-state index in [4.69, 9.17) is 0 Å². The summed E-state index contributed by atoms with van der Waals surface area (Å²) in [7, 11) is 0. The summed E-state index contributed by atoms with van der Waals surface area (Å²) in [5.74, 6) is 0.721. The molecule has 0 saturated heterocycles. The molecule has 3 rings (SSSR count). The largest absolute Gasteiger partial charge is 0.351 e. The molecule has 0 aliphatic heterocycles. The number of hydrogen-bond acceptors (Lipinski definition) is 3. The maximum atomic E-state index is 12.0. The average molecular weight is 351 g/mol. The van der Waals surface area contributed by atoms with Crippen molar-refractivity contribution in [3.05, 3.63) is 71.4 Å². The van der Waals surface area contributed by atoms with Gasteiger partial charge in [-0.25, -0.2) is 4.98 Å². The van der Waals surface area contributed by atoms with Gasteiger partial charge in [-0.1, -0.05) is 59.3 Å². The van der Waals surface area contributed by atoms with Crippen LogP contribution in [0.15, 0.2) is 59.9 Å². The number of aryl methyl sites for hydroxylation is 2. The Morgan fingerprint density at radius 2 is 1.68 bits per heavy atom. The van der Waals surface area contributed by atoms with Crippen LogP contribution in [0.3, 0.4) is 0 Å². The van der Waals surface area contributed by atoms with E-state index in [1.165, 1.54) is 5.56 Å². The van der Waals surface area contributed by atoms with Crippen molar-refractivity contribution in [2.24, 2.45) is 0 Å². The van der Waals surface area contributed by atoms with Gasteiger partial charge in [-0.15, -0.1) is 0 Å². The van der Waals surface area contributed by atoms with Crippen LogP contribution in [-0.2, 0) is 0 Å². The molecule has 0 saturated carbocycles. The molecular weight excluding hydrogens is 330 g/mol. The van der Waals surface area contributed by atoms with Gasteiger partial charge in [0.25, 0.3) is 5.91 Å². The summed E-state index contributed by atoms with van der Waals surface area (Å²) in [5, 5.41) is 3.79. The summed E-state index contributed by atoms with van der Waals surface area (Å²) < 4.78 is 0. The molecule has 0 radical (unpaired) electrons. The second-order valence-electron chi connectivity index (χ2n) is 5.94. The second-order valence-corrected chi connectivity index (χ2v) is 7.02. The summed E-state index contributed by atoms with van der Waals surface area (Å²) >= 11 is 1.60. The van der Waals surface area contributed by atoms with Crippen LogP contribution in [0.2, 0.25) is 0 Å². The van der Waals surface area contributed by atoms with E-state index < -0.39 is 0 Å². The molecule has 1 amide bonds. The lowest BCUT2D eigenvalue weighted by Gasteiger charge is -2.04. The molecular formula is C20H21N3OS. The van der Waals surface area contributed by atoms with Gasteiger partial charge < -0.3 is 10.3 Å². The van der Waals surface area contributed by atoms with E-state index in [-0.39, 0.29) is 5.91 Å². The van der Waals surface area contributed by atoms with Crippen molar-refractivity contribution in [2.75, 3.05) is 12.3 Å². The minimum Gasteiger partial charge on any atom is -0.351 e. The quantitative estimate of drug-likeness (QED) is 0.516. The number of aromatic nitrogens is 2. The number of imidazole rings is 1. The third-order valence-corrected chi connectivity index (χ3v) is 4.74. The minimum absolute atomic E-state index is 0.0413. The first-order valence-corrected chi connectivity index (χ1v) is 9.20. The lowest BCUT2D eigenvalue weighted by Crippen LogP contribution is -2.25. The molecule has 0 fully saturated rings. The first kappa shape index (κ1) is 17.3. The van der Waals surface area contributed by atoms with E-state index in [2.05, 4.69) is 46.5 Å². The fourth-order valence-electron chi connectivity index (χ4n) is 2.38. The van der Waals surface area contributed by atoms with E-state index in [1.807, 2.05) is 37.4 Å². The third kappa shape index (κ3) is 4.73. The van der Waals surface area contributed by atoms with Gasteiger partial charge in [0.05, 0.1) is 11.9 Å². The van der Waals surface area contributed by atoms with Gasteiger partial charge in [0, 0.05) is 17.9 Å². The normalized spacial score (nSPS) is 10.6. The first-order valence-electron chi connectivity index (χ1n) is 8.21. The van der Waals surface area contributed by atoms with Crippen LogP contribution in [0.25, 0.3) is 11.3 Å². The average Bonchev–Trinajstić information content (AvgIpc) is 3.09. The molecule has 0 aliphatic carbocycles. The molecule has 0 bridgehead atoms. The fraction of sp³-hybridized carbons (Fsp3) is 0.200. The zero-order valence-corrected chi connectivity index (χ0v) is 15.2. The highest BCUT2D eigenvalue weighted by molar-refractivity contribution is 7.99. The Bertz CT molecular complexity index is 838. The van der Waals surface area contributed by atoms with Gasteiger partial charge in [-0.2, -0.15) is 0 Å². The monoisotopic (exact) mass is 351 g/mol. The van der Waals surface area contributed by atoms with E-state index in [1.54, 1.807) is 11.8 Å². The molecule has 0 spiro atoms. The predicted octanol–water partition coefficient (Wildman–Crippen LogP) is 4.22. The highest BCUT2D eigenvalue weighted by atomic mass is 32.2.